The summed E-state index contributed by atoms with van der Waals surface area (Å²) in [6.45, 7) is 1.71. The smallest absolute Gasteiger partial charge is 0.407 e. The van der Waals surface area contributed by atoms with Gasteiger partial charge in [0.2, 0.25) is 11.8 Å². The maximum absolute atomic E-state index is 11.8. The average Bonchev–Trinajstić information content (AvgIpc) is 3.02. The predicted molar refractivity (Wildman–Crippen MR) is 77.0 cm³/mol. The molecule has 1 aromatic heterocycles. The fourth-order valence-corrected chi connectivity index (χ4v) is 2.48. The van der Waals surface area contributed by atoms with E-state index in [-0.39, 0.29) is 12.5 Å². The molecule has 0 saturated heterocycles. The van der Waals surface area contributed by atoms with Crippen molar-refractivity contribution in [3.8, 4) is 0 Å². The highest BCUT2D eigenvalue weighted by molar-refractivity contribution is 5.85. The number of amides is 2. The van der Waals surface area contributed by atoms with Crippen molar-refractivity contribution in [2.24, 2.45) is 0 Å². The monoisotopic (exact) mass is 310 g/mol. The van der Waals surface area contributed by atoms with Gasteiger partial charge in [0.15, 0.2) is 5.82 Å². The van der Waals surface area contributed by atoms with E-state index in [0.29, 0.717) is 11.8 Å². The van der Waals surface area contributed by atoms with E-state index < -0.39 is 12.1 Å². The Bertz CT molecular complexity index is 511. The molecule has 2 amide bonds. The Labute approximate surface area is 129 Å². The molecular weight excluding hydrogens is 288 g/mol. The first-order chi connectivity index (χ1) is 10.6. The van der Waals surface area contributed by atoms with Crippen LogP contribution in [0.25, 0.3) is 0 Å². The highest BCUT2D eigenvalue weighted by atomic mass is 16.5. The van der Waals surface area contributed by atoms with Crippen molar-refractivity contribution >= 4 is 12.0 Å². The lowest BCUT2D eigenvalue weighted by molar-refractivity contribution is -0.122. The molecule has 0 aliphatic heterocycles. The maximum Gasteiger partial charge on any atom is 0.407 e. The zero-order valence-electron chi connectivity index (χ0n) is 12.9. The fraction of sp³-hybridized carbons (Fsp3) is 0.714. The normalized spacial score (nSPS) is 16.8. The van der Waals surface area contributed by atoms with Crippen molar-refractivity contribution < 1.29 is 18.8 Å². The van der Waals surface area contributed by atoms with E-state index in [2.05, 4.69) is 25.5 Å². The standard InChI is InChI=1S/C14H22N4O4/c1-9(16-14(20)21-2)13(19)15-8-11-17-12(18-22-11)10-6-4-3-5-7-10/h9-10H,3-8H2,1-2H3,(H,15,19)(H,16,20)/t9-/m1/s1. The van der Waals surface area contributed by atoms with Crippen LogP contribution in [-0.4, -0.2) is 35.3 Å². The summed E-state index contributed by atoms with van der Waals surface area (Å²) in [5.74, 6) is 1.12. The third kappa shape index (κ3) is 4.44. The molecule has 0 bridgehead atoms. The molecule has 0 radical (unpaired) electrons. The van der Waals surface area contributed by atoms with Gasteiger partial charge in [-0.25, -0.2) is 4.79 Å². The number of hydrogen-bond acceptors (Lipinski definition) is 6. The summed E-state index contributed by atoms with van der Waals surface area (Å²) < 4.78 is 9.60. The van der Waals surface area contributed by atoms with E-state index in [1.165, 1.54) is 26.4 Å². The van der Waals surface area contributed by atoms with Gasteiger partial charge in [0.05, 0.1) is 13.7 Å². The van der Waals surface area contributed by atoms with Crippen molar-refractivity contribution in [1.29, 1.82) is 0 Å². The fourth-order valence-electron chi connectivity index (χ4n) is 2.48. The Morgan fingerprint density at radius 2 is 2.09 bits per heavy atom. The SMILES string of the molecule is COC(=O)N[C@H](C)C(=O)NCc1nc(C2CCCCC2)no1. The molecule has 0 unspecified atom stereocenters. The largest absolute Gasteiger partial charge is 0.453 e. The van der Waals surface area contributed by atoms with Gasteiger partial charge in [0.25, 0.3) is 0 Å². The Kier molecular flexibility index (Phi) is 5.74. The summed E-state index contributed by atoms with van der Waals surface area (Å²) in [5.41, 5.74) is 0. The number of ether oxygens (including phenoxy) is 1. The van der Waals surface area contributed by atoms with Crippen molar-refractivity contribution in [2.75, 3.05) is 7.11 Å². The zero-order valence-corrected chi connectivity index (χ0v) is 12.9. The van der Waals surface area contributed by atoms with Gasteiger partial charge in [0, 0.05) is 5.92 Å². The number of carbonyl (C=O) groups excluding carboxylic acids is 2. The lowest BCUT2D eigenvalue weighted by atomic mass is 9.89. The Balaban J connectivity index is 1.80. The van der Waals surface area contributed by atoms with Crippen LogP contribution in [0.2, 0.25) is 0 Å². The number of nitrogens with one attached hydrogen (secondary N) is 2. The molecule has 0 aromatic carbocycles. The molecule has 1 fully saturated rings. The Morgan fingerprint density at radius 1 is 1.36 bits per heavy atom. The molecule has 1 aliphatic rings. The number of methoxy groups -OCH3 is 1. The summed E-state index contributed by atoms with van der Waals surface area (Å²) in [6.07, 6.45) is 5.18. The molecule has 0 spiro atoms. The van der Waals surface area contributed by atoms with Crippen LogP contribution in [0.15, 0.2) is 4.52 Å². The van der Waals surface area contributed by atoms with Crippen LogP contribution in [0, 0.1) is 0 Å². The van der Waals surface area contributed by atoms with Gasteiger partial charge < -0.3 is 19.9 Å². The van der Waals surface area contributed by atoms with Gasteiger partial charge in [-0.05, 0) is 19.8 Å². The van der Waals surface area contributed by atoms with Crippen LogP contribution in [0.1, 0.15) is 56.7 Å². The highest BCUT2D eigenvalue weighted by Gasteiger charge is 2.21. The number of aromatic nitrogens is 2. The molecule has 1 aliphatic carbocycles. The quantitative estimate of drug-likeness (QED) is 0.853. The average molecular weight is 310 g/mol. The number of nitrogens with zero attached hydrogens (tertiary/aromatic N) is 2. The molecule has 2 N–H and O–H groups in total. The molecule has 8 heteroatoms. The Morgan fingerprint density at radius 3 is 2.77 bits per heavy atom. The summed E-state index contributed by atoms with van der Waals surface area (Å²) in [6, 6.07) is -0.701. The third-order valence-corrected chi connectivity index (χ3v) is 3.78. The lowest BCUT2D eigenvalue weighted by Crippen LogP contribution is -2.44. The van der Waals surface area contributed by atoms with Crippen LogP contribution in [-0.2, 0) is 16.1 Å². The zero-order chi connectivity index (χ0) is 15.9. The first-order valence-electron chi connectivity index (χ1n) is 7.55. The number of alkyl carbamates (subject to hydrolysis) is 1. The van der Waals surface area contributed by atoms with Crippen molar-refractivity contribution in [3.05, 3.63) is 11.7 Å². The van der Waals surface area contributed by atoms with Crippen LogP contribution in [0.3, 0.4) is 0 Å². The van der Waals surface area contributed by atoms with Crippen LogP contribution in [0.5, 0.6) is 0 Å². The van der Waals surface area contributed by atoms with E-state index >= 15 is 0 Å². The summed E-state index contributed by atoms with van der Waals surface area (Å²) in [4.78, 5) is 27.2. The van der Waals surface area contributed by atoms with Crippen LogP contribution < -0.4 is 10.6 Å². The van der Waals surface area contributed by atoms with Gasteiger partial charge in [-0.15, -0.1) is 0 Å². The molecule has 1 aromatic rings. The minimum absolute atomic E-state index is 0.145. The van der Waals surface area contributed by atoms with Crippen molar-refractivity contribution in [2.45, 2.75) is 57.5 Å². The molecule has 1 saturated carbocycles. The van der Waals surface area contributed by atoms with Crippen LogP contribution >= 0.6 is 0 Å². The summed E-state index contributed by atoms with van der Waals surface area (Å²) in [7, 11) is 1.24. The van der Waals surface area contributed by atoms with E-state index in [0.717, 1.165) is 18.7 Å². The van der Waals surface area contributed by atoms with E-state index in [9.17, 15) is 9.59 Å². The Hall–Kier alpha value is -2.12. The molecular formula is C14H22N4O4. The maximum atomic E-state index is 11.8. The minimum atomic E-state index is -0.701. The van der Waals surface area contributed by atoms with Crippen LogP contribution in [0.4, 0.5) is 4.79 Å². The van der Waals surface area contributed by atoms with E-state index in [1.54, 1.807) is 6.92 Å². The van der Waals surface area contributed by atoms with E-state index in [4.69, 9.17) is 4.52 Å². The minimum Gasteiger partial charge on any atom is -0.453 e. The summed E-state index contributed by atoms with van der Waals surface area (Å²) in [5, 5.41) is 9.02. The van der Waals surface area contributed by atoms with Gasteiger partial charge >= 0.3 is 6.09 Å². The molecule has 1 heterocycles. The van der Waals surface area contributed by atoms with Gasteiger partial charge in [-0.3, -0.25) is 4.79 Å². The van der Waals surface area contributed by atoms with Gasteiger partial charge in [-0.2, -0.15) is 4.98 Å². The van der Waals surface area contributed by atoms with E-state index in [1.807, 2.05) is 0 Å². The number of hydrogen-bond donors (Lipinski definition) is 2. The van der Waals surface area contributed by atoms with Gasteiger partial charge in [0.1, 0.15) is 6.04 Å². The first-order valence-corrected chi connectivity index (χ1v) is 7.55. The molecule has 22 heavy (non-hydrogen) atoms. The second-order valence-corrected chi connectivity index (χ2v) is 5.46. The number of rotatable bonds is 5. The predicted octanol–water partition coefficient (Wildman–Crippen LogP) is 1.48. The lowest BCUT2D eigenvalue weighted by Gasteiger charge is -2.17. The first kappa shape index (κ1) is 16.3. The second kappa shape index (κ2) is 7.77. The van der Waals surface area contributed by atoms with Crippen molar-refractivity contribution in [3.63, 3.8) is 0 Å². The van der Waals surface area contributed by atoms with Crippen molar-refractivity contribution in [1.82, 2.24) is 20.8 Å². The third-order valence-electron chi connectivity index (χ3n) is 3.78. The molecule has 2 rings (SSSR count). The number of carbonyl (C=O) groups is 2. The second-order valence-electron chi connectivity index (χ2n) is 5.46. The molecule has 8 nitrogen and oxygen atoms in total. The molecule has 122 valence electrons. The van der Waals surface area contributed by atoms with Gasteiger partial charge in [-0.1, -0.05) is 24.4 Å². The topological polar surface area (TPSA) is 106 Å². The highest BCUT2D eigenvalue weighted by Crippen LogP contribution is 2.30. The summed E-state index contributed by atoms with van der Waals surface area (Å²) >= 11 is 0. The molecule has 1 atom stereocenters.